The monoisotopic (exact) mass is 397 g/mol. The summed E-state index contributed by atoms with van der Waals surface area (Å²) in [6.07, 6.45) is 3.40. The van der Waals surface area contributed by atoms with Gasteiger partial charge in [-0.1, -0.05) is 24.3 Å². The van der Waals surface area contributed by atoms with Crippen molar-refractivity contribution in [2.45, 2.75) is 0 Å². The van der Waals surface area contributed by atoms with Crippen molar-refractivity contribution >= 4 is 12.4 Å². The highest BCUT2D eigenvalue weighted by atomic mass is 16.3. The van der Waals surface area contributed by atoms with Crippen molar-refractivity contribution in [2.75, 3.05) is 52.4 Å². The summed E-state index contributed by atoms with van der Waals surface area (Å²) in [6.45, 7) is 6.53. The van der Waals surface area contributed by atoms with Gasteiger partial charge < -0.3 is 26.2 Å². The first-order chi connectivity index (χ1) is 14.3. The molecule has 2 aromatic carbocycles. The Hall–Kier alpha value is -2.74. The van der Waals surface area contributed by atoms with E-state index >= 15 is 0 Å². The number of para-hydroxylation sites is 2. The standard InChI is InChI=1S/C22H31N5O2/c28-21-7-3-1-5-19(21)17-26-15-13-24-11-9-23-10-12-25-14-16-27-18-20-6-2-4-8-22(20)29/h1-8,17-18,23-25,28-29H,9-16H2. The van der Waals surface area contributed by atoms with Crippen molar-refractivity contribution in [1.82, 2.24) is 16.0 Å². The fourth-order valence-electron chi connectivity index (χ4n) is 2.53. The fraction of sp³-hybridized carbons (Fsp3) is 0.364. The van der Waals surface area contributed by atoms with Crippen LogP contribution in [0.5, 0.6) is 11.5 Å². The summed E-state index contributed by atoms with van der Waals surface area (Å²) in [4.78, 5) is 8.61. The van der Waals surface area contributed by atoms with E-state index < -0.39 is 0 Å². The third kappa shape index (κ3) is 9.84. The average molecular weight is 398 g/mol. The normalized spacial score (nSPS) is 11.6. The largest absolute Gasteiger partial charge is 0.507 e. The molecule has 0 aliphatic heterocycles. The third-order valence-electron chi connectivity index (χ3n) is 4.13. The number of hydrogen-bond acceptors (Lipinski definition) is 7. The van der Waals surface area contributed by atoms with Crippen LogP contribution < -0.4 is 16.0 Å². The van der Waals surface area contributed by atoms with Crippen LogP contribution in [0.25, 0.3) is 0 Å². The predicted molar refractivity (Wildman–Crippen MR) is 120 cm³/mol. The Kier molecular flexibility index (Phi) is 11.1. The minimum atomic E-state index is 0.254. The van der Waals surface area contributed by atoms with Crippen molar-refractivity contribution in [1.29, 1.82) is 0 Å². The molecule has 0 unspecified atom stereocenters. The lowest BCUT2D eigenvalue weighted by Gasteiger charge is -2.06. The third-order valence-corrected chi connectivity index (χ3v) is 4.13. The van der Waals surface area contributed by atoms with Crippen LogP contribution in [0.4, 0.5) is 0 Å². The SMILES string of the molecule is Oc1ccccc1C=NCCNCCNCCNCCN=Cc1ccccc1O. The van der Waals surface area contributed by atoms with Crippen LogP contribution in [0.15, 0.2) is 58.5 Å². The Morgan fingerprint density at radius 3 is 1.38 bits per heavy atom. The minimum absolute atomic E-state index is 0.254. The lowest BCUT2D eigenvalue weighted by atomic mass is 10.2. The van der Waals surface area contributed by atoms with Crippen LogP contribution in [-0.4, -0.2) is 75.0 Å². The average Bonchev–Trinajstić information content (AvgIpc) is 2.73. The number of nitrogens with zero attached hydrogens (tertiary/aromatic N) is 2. The molecule has 2 rings (SSSR count). The molecular weight excluding hydrogens is 366 g/mol. The highest BCUT2D eigenvalue weighted by Gasteiger charge is 1.95. The summed E-state index contributed by atoms with van der Waals surface area (Å²) in [5.41, 5.74) is 1.48. The zero-order valence-electron chi connectivity index (χ0n) is 16.7. The lowest BCUT2D eigenvalue weighted by molar-refractivity contribution is 0.474. The van der Waals surface area contributed by atoms with E-state index in [0.717, 1.165) is 50.4 Å². The number of phenolic OH excluding ortho intramolecular Hbond substituents is 2. The van der Waals surface area contributed by atoms with Crippen LogP contribution >= 0.6 is 0 Å². The molecular formula is C22H31N5O2. The van der Waals surface area contributed by atoms with Gasteiger partial charge in [-0.2, -0.15) is 0 Å². The van der Waals surface area contributed by atoms with Crippen LogP contribution in [0.1, 0.15) is 11.1 Å². The number of aliphatic imine (C=N–C) groups is 2. The molecule has 0 amide bonds. The summed E-state index contributed by atoms with van der Waals surface area (Å²) < 4.78 is 0. The number of aromatic hydroxyl groups is 2. The minimum Gasteiger partial charge on any atom is -0.507 e. The van der Waals surface area contributed by atoms with Crippen molar-refractivity contribution in [3.05, 3.63) is 59.7 Å². The lowest BCUT2D eigenvalue weighted by Crippen LogP contribution is -2.34. The zero-order valence-corrected chi connectivity index (χ0v) is 16.7. The van der Waals surface area contributed by atoms with E-state index in [1.165, 1.54) is 0 Å². The molecule has 29 heavy (non-hydrogen) atoms. The number of nitrogens with one attached hydrogen (secondary N) is 3. The smallest absolute Gasteiger partial charge is 0.124 e. The van der Waals surface area contributed by atoms with Crippen LogP contribution in [0.3, 0.4) is 0 Å². The molecule has 0 spiro atoms. The van der Waals surface area contributed by atoms with Crippen molar-refractivity contribution in [3.63, 3.8) is 0 Å². The van der Waals surface area contributed by atoms with Gasteiger partial charge in [0.15, 0.2) is 0 Å². The van der Waals surface area contributed by atoms with E-state index in [1.807, 2.05) is 24.3 Å². The van der Waals surface area contributed by atoms with Gasteiger partial charge in [0, 0.05) is 62.8 Å². The number of hydrogen-bond donors (Lipinski definition) is 5. The van der Waals surface area contributed by atoms with Gasteiger partial charge in [-0.15, -0.1) is 0 Å². The second-order valence-corrected chi connectivity index (χ2v) is 6.44. The Balaban J connectivity index is 1.37. The van der Waals surface area contributed by atoms with Gasteiger partial charge in [0.1, 0.15) is 11.5 Å². The highest BCUT2D eigenvalue weighted by Crippen LogP contribution is 2.13. The molecule has 0 heterocycles. The molecule has 7 nitrogen and oxygen atoms in total. The van der Waals surface area contributed by atoms with E-state index in [1.54, 1.807) is 36.7 Å². The summed E-state index contributed by atoms with van der Waals surface area (Å²) in [6, 6.07) is 14.3. The van der Waals surface area contributed by atoms with Crippen LogP contribution in [0.2, 0.25) is 0 Å². The summed E-state index contributed by atoms with van der Waals surface area (Å²) in [5.74, 6) is 0.508. The molecule has 0 saturated carbocycles. The van der Waals surface area contributed by atoms with Gasteiger partial charge in [-0.05, 0) is 24.3 Å². The number of benzene rings is 2. The maximum absolute atomic E-state index is 9.64. The molecule has 2 aromatic rings. The molecule has 0 saturated heterocycles. The first-order valence-corrected chi connectivity index (χ1v) is 9.95. The first kappa shape index (κ1) is 22.5. The maximum Gasteiger partial charge on any atom is 0.124 e. The van der Waals surface area contributed by atoms with E-state index in [-0.39, 0.29) is 11.5 Å². The molecule has 0 atom stereocenters. The fourth-order valence-corrected chi connectivity index (χ4v) is 2.53. The second kappa shape index (κ2) is 14.3. The molecule has 0 radical (unpaired) electrons. The van der Waals surface area contributed by atoms with Crippen LogP contribution in [0, 0.1) is 0 Å². The van der Waals surface area contributed by atoms with E-state index in [2.05, 4.69) is 25.9 Å². The van der Waals surface area contributed by atoms with Crippen molar-refractivity contribution < 1.29 is 10.2 Å². The molecule has 0 fully saturated rings. The Morgan fingerprint density at radius 2 is 0.966 bits per heavy atom. The molecule has 0 bridgehead atoms. The maximum atomic E-state index is 9.64. The summed E-state index contributed by atoms with van der Waals surface area (Å²) >= 11 is 0. The van der Waals surface area contributed by atoms with E-state index in [9.17, 15) is 10.2 Å². The molecule has 5 N–H and O–H groups in total. The quantitative estimate of drug-likeness (QED) is 0.245. The van der Waals surface area contributed by atoms with Gasteiger partial charge in [-0.25, -0.2) is 0 Å². The summed E-state index contributed by atoms with van der Waals surface area (Å²) in [7, 11) is 0. The van der Waals surface area contributed by atoms with Crippen molar-refractivity contribution in [2.24, 2.45) is 9.98 Å². The molecule has 0 aliphatic rings. The van der Waals surface area contributed by atoms with Crippen LogP contribution in [-0.2, 0) is 0 Å². The van der Waals surface area contributed by atoms with E-state index in [4.69, 9.17) is 0 Å². The Labute approximate surface area is 172 Å². The molecule has 0 aliphatic carbocycles. The zero-order chi connectivity index (χ0) is 20.6. The van der Waals surface area contributed by atoms with Gasteiger partial charge in [0.25, 0.3) is 0 Å². The first-order valence-electron chi connectivity index (χ1n) is 9.95. The van der Waals surface area contributed by atoms with Gasteiger partial charge >= 0.3 is 0 Å². The number of phenols is 2. The van der Waals surface area contributed by atoms with E-state index in [0.29, 0.717) is 13.1 Å². The van der Waals surface area contributed by atoms with Gasteiger partial charge in [0.05, 0.1) is 13.1 Å². The van der Waals surface area contributed by atoms with Crippen molar-refractivity contribution in [3.8, 4) is 11.5 Å². The summed E-state index contributed by atoms with van der Waals surface area (Å²) in [5, 5.41) is 29.3. The predicted octanol–water partition coefficient (Wildman–Crippen LogP) is 1.40. The molecule has 0 aromatic heterocycles. The Bertz CT molecular complexity index is 701. The number of rotatable bonds is 14. The van der Waals surface area contributed by atoms with Gasteiger partial charge in [0.2, 0.25) is 0 Å². The highest BCUT2D eigenvalue weighted by molar-refractivity contribution is 5.83. The molecule has 156 valence electrons. The Morgan fingerprint density at radius 1 is 0.586 bits per heavy atom. The topological polar surface area (TPSA) is 101 Å². The molecule has 7 heteroatoms. The second-order valence-electron chi connectivity index (χ2n) is 6.44. The van der Waals surface area contributed by atoms with Gasteiger partial charge in [-0.3, -0.25) is 9.98 Å².